The van der Waals surface area contributed by atoms with Gasteiger partial charge in [0.2, 0.25) is 10.0 Å². The third kappa shape index (κ3) is 3.26. The second-order valence-electron chi connectivity index (χ2n) is 6.68. The Bertz CT molecular complexity index is 931. The van der Waals surface area contributed by atoms with Crippen molar-refractivity contribution in [2.45, 2.75) is 33.2 Å². The summed E-state index contributed by atoms with van der Waals surface area (Å²) in [6, 6.07) is 10.9. The van der Waals surface area contributed by atoms with E-state index in [-0.39, 0.29) is 11.9 Å². The van der Waals surface area contributed by atoms with Crippen LogP contribution in [0.2, 0.25) is 0 Å². The van der Waals surface area contributed by atoms with E-state index in [1.807, 2.05) is 39.0 Å². The summed E-state index contributed by atoms with van der Waals surface area (Å²) in [5, 5.41) is 2.97. The Kier molecular flexibility index (Phi) is 4.33. The van der Waals surface area contributed by atoms with E-state index < -0.39 is 10.0 Å². The summed E-state index contributed by atoms with van der Waals surface area (Å²) in [6.45, 7) is 5.78. The number of anilines is 2. The molecule has 25 heavy (non-hydrogen) atoms. The van der Waals surface area contributed by atoms with Gasteiger partial charge in [0, 0.05) is 17.3 Å². The van der Waals surface area contributed by atoms with Gasteiger partial charge in [-0.05, 0) is 62.1 Å². The van der Waals surface area contributed by atoms with Gasteiger partial charge < -0.3 is 5.32 Å². The van der Waals surface area contributed by atoms with Gasteiger partial charge in [0.05, 0.1) is 11.9 Å². The normalized spacial score (nSPS) is 16.6. The number of hydrogen-bond acceptors (Lipinski definition) is 3. The monoisotopic (exact) mass is 358 g/mol. The molecule has 3 rings (SSSR count). The van der Waals surface area contributed by atoms with Crippen LogP contribution in [0.15, 0.2) is 36.4 Å². The lowest BCUT2D eigenvalue weighted by Crippen LogP contribution is -2.34. The molecular formula is C19H22N2O3S. The minimum atomic E-state index is -3.33. The number of nitrogens with zero attached hydrogens (tertiary/aromatic N) is 1. The molecule has 5 nitrogen and oxygen atoms in total. The van der Waals surface area contributed by atoms with Crippen LogP contribution in [-0.2, 0) is 16.4 Å². The Morgan fingerprint density at radius 2 is 1.80 bits per heavy atom. The second-order valence-corrected chi connectivity index (χ2v) is 8.54. The highest BCUT2D eigenvalue weighted by Crippen LogP contribution is 2.35. The summed E-state index contributed by atoms with van der Waals surface area (Å²) >= 11 is 0. The van der Waals surface area contributed by atoms with Crippen LogP contribution in [0.4, 0.5) is 11.4 Å². The maximum atomic E-state index is 12.6. The number of nitrogens with one attached hydrogen (secondary N) is 1. The topological polar surface area (TPSA) is 66.5 Å². The molecule has 0 saturated heterocycles. The highest BCUT2D eigenvalue weighted by molar-refractivity contribution is 7.92. The van der Waals surface area contributed by atoms with Crippen LogP contribution in [0.1, 0.15) is 34.0 Å². The first-order valence-corrected chi connectivity index (χ1v) is 10.0. The number of amides is 1. The molecule has 0 unspecified atom stereocenters. The number of sulfonamides is 1. The molecule has 1 atom stereocenters. The Labute approximate surface area is 148 Å². The number of carbonyl (C=O) groups excluding carboxylic acids is 1. The molecule has 1 aliphatic rings. The molecule has 6 heteroatoms. The van der Waals surface area contributed by atoms with Crippen molar-refractivity contribution >= 4 is 27.3 Å². The van der Waals surface area contributed by atoms with E-state index in [0.29, 0.717) is 17.7 Å². The number of aryl methyl sites for hydroxylation is 2. The van der Waals surface area contributed by atoms with Crippen molar-refractivity contribution in [2.24, 2.45) is 0 Å². The maximum Gasteiger partial charge on any atom is 0.255 e. The fraction of sp³-hybridized carbons (Fsp3) is 0.316. The minimum absolute atomic E-state index is 0.137. The first kappa shape index (κ1) is 17.5. The van der Waals surface area contributed by atoms with Crippen molar-refractivity contribution in [3.63, 3.8) is 0 Å². The molecule has 0 fully saturated rings. The molecule has 132 valence electrons. The molecule has 1 heterocycles. The summed E-state index contributed by atoms with van der Waals surface area (Å²) in [4.78, 5) is 12.6. The first-order chi connectivity index (χ1) is 11.7. The maximum absolute atomic E-state index is 12.6. The van der Waals surface area contributed by atoms with E-state index in [9.17, 15) is 13.2 Å². The van der Waals surface area contributed by atoms with Crippen LogP contribution in [0, 0.1) is 13.8 Å². The number of para-hydroxylation sites is 1. The van der Waals surface area contributed by atoms with Gasteiger partial charge in [-0.15, -0.1) is 0 Å². The van der Waals surface area contributed by atoms with Crippen molar-refractivity contribution in [2.75, 3.05) is 15.9 Å². The second kappa shape index (κ2) is 6.19. The third-order valence-corrected chi connectivity index (χ3v) is 5.84. The Morgan fingerprint density at radius 3 is 2.40 bits per heavy atom. The number of hydrogen-bond donors (Lipinski definition) is 1. The average Bonchev–Trinajstić information content (AvgIpc) is 2.85. The molecule has 1 N–H and O–H groups in total. The van der Waals surface area contributed by atoms with Gasteiger partial charge in [-0.2, -0.15) is 0 Å². The zero-order chi connectivity index (χ0) is 18.4. The van der Waals surface area contributed by atoms with Gasteiger partial charge in [-0.1, -0.05) is 18.2 Å². The molecule has 1 amide bonds. The third-order valence-electron chi connectivity index (χ3n) is 4.57. The predicted molar refractivity (Wildman–Crippen MR) is 101 cm³/mol. The lowest BCUT2D eigenvalue weighted by molar-refractivity contribution is 0.102. The van der Waals surface area contributed by atoms with Crippen molar-refractivity contribution in [1.29, 1.82) is 0 Å². The molecule has 0 aromatic heterocycles. The molecule has 0 bridgehead atoms. The molecular weight excluding hydrogens is 336 g/mol. The molecule has 0 radical (unpaired) electrons. The molecule has 2 aromatic rings. The molecule has 2 aromatic carbocycles. The first-order valence-electron chi connectivity index (χ1n) is 8.18. The zero-order valence-corrected chi connectivity index (χ0v) is 15.6. The van der Waals surface area contributed by atoms with Crippen molar-refractivity contribution < 1.29 is 13.2 Å². The summed E-state index contributed by atoms with van der Waals surface area (Å²) in [5.41, 5.74) is 4.91. The highest BCUT2D eigenvalue weighted by atomic mass is 32.2. The number of fused-ring (bicyclic) bond motifs is 1. The molecule has 0 spiro atoms. The zero-order valence-electron chi connectivity index (χ0n) is 14.8. The van der Waals surface area contributed by atoms with Gasteiger partial charge in [-0.25, -0.2) is 8.42 Å². The number of benzene rings is 2. The number of carbonyl (C=O) groups is 1. The smallest absolute Gasteiger partial charge is 0.255 e. The fourth-order valence-electron chi connectivity index (χ4n) is 3.45. The van der Waals surface area contributed by atoms with Crippen LogP contribution < -0.4 is 9.62 Å². The fourth-order valence-corrected chi connectivity index (χ4v) is 4.71. The highest BCUT2D eigenvalue weighted by Gasteiger charge is 2.32. The van der Waals surface area contributed by atoms with Gasteiger partial charge in [0.25, 0.3) is 5.91 Å². The Morgan fingerprint density at radius 1 is 1.16 bits per heavy atom. The summed E-state index contributed by atoms with van der Waals surface area (Å²) in [5.74, 6) is -0.189. The standard InChI is InChI=1S/C19H22N2O3S/c1-12-6-5-7-13(2)18(12)20-19(22)15-8-9-17-16(11-15)10-14(3)21(17)25(4,23)24/h5-9,11,14H,10H2,1-4H3,(H,20,22)/t14-/m1/s1. The largest absolute Gasteiger partial charge is 0.322 e. The van der Waals surface area contributed by atoms with Crippen molar-refractivity contribution in [1.82, 2.24) is 0 Å². The number of rotatable bonds is 3. The van der Waals surface area contributed by atoms with E-state index in [1.165, 1.54) is 10.6 Å². The summed E-state index contributed by atoms with van der Waals surface area (Å²) < 4.78 is 25.4. The quantitative estimate of drug-likeness (QED) is 0.916. The molecule has 0 aliphatic carbocycles. The van der Waals surface area contributed by atoms with Gasteiger partial charge in [0.1, 0.15) is 0 Å². The Balaban J connectivity index is 1.91. The van der Waals surface area contributed by atoms with E-state index in [0.717, 1.165) is 22.4 Å². The SMILES string of the molecule is Cc1cccc(C)c1NC(=O)c1ccc2c(c1)C[C@@H](C)N2S(C)(=O)=O. The van der Waals surface area contributed by atoms with E-state index in [2.05, 4.69) is 5.32 Å². The lowest BCUT2D eigenvalue weighted by Gasteiger charge is -2.22. The van der Waals surface area contributed by atoms with Crippen molar-refractivity contribution in [3.05, 3.63) is 58.7 Å². The average molecular weight is 358 g/mol. The summed E-state index contributed by atoms with van der Waals surface area (Å²) in [7, 11) is -3.33. The predicted octanol–water partition coefficient (Wildman–Crippen LogP) is 3.27. The van der Waals surface area contributed by atoms with Crippen LogP contribution in [0.25, 0.3) is 0 Å². The molecule has 0 saturated carbocycles. The molecule has 1 aliphatic heterocycles. The van der Waals surface area contributed by atoms with E-state index in [1.54, 1.807) is 18.2 Å². The Hall–Kier alpha value is -2.34. The van der Waals surface area contributed by atoms with Gasteiger partial charge >= 0.3 is 0 Å². The van der Waals surface area contributed by atoms with E-state index in [4.69, 9.17) is 0 Å². The van der Waals surface area contributed by atoms with E-state index >= 15 is 0 Å². The lowest BCUT2D eigenvalue weighted by atomic mass is 10.1. The van der Waals surface area contributed by atoms with Gasteiger partial charge in [-0.3, -0.25) is 9.10 Å². The van der Waals surface area contributed by atoms with Crippen LogP contribution in [0.3, 0.4) is 0 Å². The van der Waals surface area contributed by atoms with Crippen LogP contribution in [0.5, 0.6) is 0 Å². The van der Waals surface area contributed by atoms with Crippen LogP contribution >= 0.6 is 0 Å². The van der Waals surface area contributed by atoms with Crippen LogP contribution in [-0.4, -0.2) is 26.6 Å². The van der Waals surface area contributed by atoms with Crippen molar-refractivity contribution in [3.8, 4) is 0 Å². The summed E-state index contributed by atoms with van der Waals surface area (Å²) in [6.07, 6.45) is 1.81. The van der Waals surface area contributed by atoms with Gasteiger partial charge in [0.15, 0.2) is 0 Å². The minimum Gasteiger partial charge on any atom is -0.322 e.